The molecule has 0 saturated carbocycles. The third-order valence-electron chi connectivity index (χ3n) is 6.03. The van der Waals surface area contributed by atoms with Gasteiger partial charge in [0, 0.05) is 5.56 Å². The van der Waals surface area contributed by atoms with Gasteiger partial charge in [0.2, 0.25) is 0 Å². The van der Waals surface area contributed by atoms with Crippen molar-refractivity contribution >= 4 is 8.60 Å². The summed E-state index contributed by atoms with van der Waals surface area (Å²) in [7, 11) is -1.90. The van der Waals surface area contributed by atoms with Gasteiger partial charge in [0.05, 0.1) is 6.61 Å². The van der Waals surface area contributed by atoms with Crippen LogP contribution >= 0.6 is 8.60 Å². The minimum atomic E-state index is -1.90. The lowest BCUT2D eigenvalue weighted by Crippen LogP contribution is -2.17. The summed E-state index contributed by atoms with van der Waals surface area (Å²) >= 11 is 0. The molecule has 0 bridgehead atoms. The molecule has 1 aromatic carbocycles. The lowest BCUT2D eigenvalue weighted by molar-refractivity contribution is 0.252. The van der Waals surface area contributed by atoms with Crippen LogP contribution in [0.15, 0.2) is 18.2 Å². The monoisotopic (exact) mass is 466 g/mol. The fourth-order valence-electron chi connectivity index (χ4n) is 3.86. The van der Waals surface area contributed by atoms with Crippen LogP contribution < -0.4 is 4.52 Å². The quantitative estimate of drug-likeness (QED) is 0.195. The standard InChI is InChI=1S/C28H51O3P/c1-8-9-10-11-12-13-14-15-16-17-18-19-22-30-32(29)31-26-21-20-24(27(2,3)4)23-25(26)28(5,6)7/h20-21,23,29H,8-19,22H2,1-7H3. The Bertz CT molecular complexity index is 616. The van der Waals surface area contributed by atoms with Gasteiger partial charge >= 0.3 is 8.60 Å². The molecule has 0 fully saturated rings. The van der Waals surface area contributed by atoms with Crippen molar-refractivity contribution in [3.63, 3.8) is 0 Å². The Morgan fingerprint density at radius 2 is 1.22 bits per heavy atom. The van der Waals surface area contributed by atoms with Gasteiger partial charge in [0.25, 0.3) is 0 Å². The van der Waals surface area contributed by atoms with E-state index in [4.69, 9.17) is 9.05 Å². The molecule has 0 heterocycles. The van der Waals surface area contributed by atoms with Crippen LogP contribution in [0.3, 0.4) is 0 Å². The summed E-state index contributed by atoms with van der Waals surface area (Å²) in [4.78, 5) is 10.3. The molecule has 1 unspecified atom stereocenters. The molecule has 186 valence electrons. The second kappa shape index (κ2) is 15.3. The molecule has 4 heteroatoms. The molecule has 0 amide bonds. The molecule has 0 spiro atoms. The van der Waals surface area contributed by atoms with E-state index >= 15 is 0 Å². The summed E-state index contributed by atoms with van der Waals surface area (Å²) < 4.78 is 11.4. The highest BCUT2D eigenvalue weighted by Gasteiger charge is 2.24. The smallest absolute Gasteiger partial charge is 0.394 e. The molecule has 0 saturated heterocycles. The molecule has 0 aliphatic rings. The van der Waals surface area contributed by atoms with Gasteiger partial charge in [-0.05, 0) is 28.9 Å². The van der Waals surface area contributed by atoms with Crippen LogP contribution in [0.4, 0.5) is 0 Å². The van der Waals surface area contributed by atoms with Crippen molar-refractivity contribution in [2.45, 2.75) is 136 Å². The number of benzene rings is 1. The molecule has 1 atom stereocenters. The van der Waals surface area contributed by atoms with Gasteiger partial charge in [-0.2, -0.15) is 0 Å². The van der Waals surface area contributed by atoms with E-state index in [1.54, 1.807) is 0 Å². The van der Waals surface area contributed by atoms with Crippen molar-refractivity contribution in [1.82, 2.24) is 0 Å². The van der Waals surface area contributed by atoms with Crippen molar-refractivity contribution in [2.24, 2.45) is 0 Å². The second-order valence-electron chi connectivity index (χ2n) is 11.3. The molecule has 0 radical (unpaired) electrons. The van der Waals surface area contributed by atoms with Crippen molar-refractivity contribution in [1.29, 1.82) is 0 Å². The molecular formula is C28H51O3P. The Morgan fingerprint density at radius 3 is 1.69 bits per heavy atom. The summed E-state index contributed by atoms with van der Waals surface area (Å²) in [5.74, 6) is 0.730. The van der Waals surface area contributed by atoms with Crippen LogP contribution in [0, 0.1) is 0 Å². The molecular weight excluding hydrogens is 415 g/mol. The van der Waals surface area contributed by atoms with E-state index in [-0.39, 0.29) is 10.8 Å². The van der Waals surface area contributed by atoms with Gasteiger partial charge in [-0.3, -0.25) is 0 Å². The van der Waals surface area contributed by atoms with Gasteiger partial charge in [-0.1, -0.05) is 131 Å². The van der Waals surface area contributed by atoms with Gasteiger partial charge in [-0.25, -0.2) is 0 Å². The van der Waals surface area contributed by atoms with E-state index < -0.39 is 8.60 Å². The summed E-state index contributed by atoms with van der Waals surface area (Å²) in [5.41, 5.74) is 2.39. The van der Waals surface area contributed by atoms with Crippen molar-refractivity contribution < 1.29 is 13.9 Å². The van der Waals surface area contributed by atoms with E-state index in [2.05, 4.69) is 60.6 Å². The van der Waals surface area contributed by atoms with Crippen LogP contribution in [0.25, 0.3) is 0 Å². The maximum Gasteiger partial charge on any atom is 0.394 e. The molecule has 0 aromatic heterocycles. The van der Waals surface area contributed by atoms with Crippen LogP contribution in [0.5, 0.6) is 5.75 Å². The summed E-state index contributed by atoms with van der Waals surface area (Å²) in [6.07, 6.45) is 15.8. The fraction of sp³-hybridized carbons (Fsp3) is 0.786. The Morgan fingerprint density at radius 1 is 0.719 bits per heavy atom. The first-order valence-corrected chi connectivity index (χ1v) is 14.1. The molecule has 0 aliphatic carbocycles. The van der Waals surface area contributed by atoms with Crippen molar-refractivity contribution in [3.8, 4) is 5.75 Å². The van der Waals surface area contributed by atoms with Crippen LogP contribution in [-0.4, -0.2) is 11.5 Å². The van der Waals surface area contributed by atoms with Gasteiger partial charge in [0.15, 0.2) is 0 Å². The number of unbranched alkanes of at least 4 members (excludes halogenated alkanes) is 11. The number of rotatable bonds is 16. The first-order valence-electron chi connectivity index (χ1n) is 13.0. The molecule has 1 rings (SSSR count). The van der Waals surface area contributed by atoms with E-state index in [0.29, 0.717) is 6.61 Å². The molecule has 1 N–H and O–H groups in total. The normalized spacial score (nSPS) is 13.4. The highest BCUT2D eigenvalue weighted by atomic mass is 31.2. The predicted molar refractivity (Wildman–Crippen MR) is 141 cm³/mol. The first-order chi connectivity index (χ1) is 15.1. The van der Waals surface area contributed by atoms with Gasteiger partial charge in [-0.15, -0.1) is 0 Å². The van der Waals surface area contributed by atoms with Crippen LogP contribution in [-0.2, 0) is 15.4 Å². The number of hydrogen-bond acceptors (Lipinski definition) is 3. The van der Waals surface area contributed by atoms with Gasteiger partial charge in [0.1, 0.15) is 5.75 Å². The third kappa shape index (κ3) is 12.6. The first kappa shape index (κ1) is 29.4. The number of hydrogen-bond donors (Lipinski definition) is 1. The maximum absolute atomic E-state index is 10.3. The van der Waals surface area contributed by atoms with Crippen molar-refractivity contribution in [3.05, 3.63) is 29.3 Å². The SMILES string of the molecule is CCCCCCCCCCCCCCOP(O)Oc1ccc(C(C)(C)C)cc1C(C)(C)C. The highest BCUT2D eigenvalue weighted by molar-refractivity contribution is 7.41. The van der Waals surface area contributed by atoms with E-state index in [1.165, 1.54) is 69.8 Å². The Balaban J connectivity index is 2.25. The van der Waals surface area contributed by atoms with E-state index in [0.717, 1.165) is 24.2 Å². The molecule has 1 aromatic rings. The second-order valence-corrected chi connectivity index (χ2v) is 12.2. The predicted octanol–water partition coefficient (Wildman–Crippen LogP) is 9.60. The largest absolute Gasteiger partial charge is 0.427 e. The molecule has 32 heavy (non-hydrogen) atoms. The van der Waals surface area contributed by atoms with Gasteiger partial charge < -0.3 is 13.9 Å². The van der Waals surface area contributed by atoms with Crippen LogP contribution in [0.2, 0.25) is 0 Å². The minimum Gasteiger partial charge on any atom is -0.427 e. The highest BCUT2D eigenvalue weighted by Crippen LogP contribution is 2.42. The van der Waals surface area contributed by atoms with E-state index in [9.17, 15) is 4.89 Å². The minimum absolute atomic E-state index is 0.0672. The zero-order valence-corrected chi connectivity index (χ0v) is 23.0. The third-order valence-corrected chi connectivity index (χ3v) is 6.79. The fourth-order valence-corrected chi connectivity index (χ4v) is 4.52. The average molecular weight is 467 g/mol. The summed E-state index contributed by atoms with van der Waals surface area (Å²) in [5, 5.41) is 0. The Hall–Kier alpha value is -0.630. The lowest BCUT2D eigenvalue weighted by atomic mass is 9.80. The van der Waals surface area contributed by atoms with Crippen LogP contribution in [0.1, 0.15) is 137 Å². The molecule has 3 nitrogen and oxygen atoms in total. The summed E-state index contributed by atoms with van der Waals surface area (Å²) in [6.45, 7) is 16.0. The zero-order valence-electron chi connectivity index (χ0n) is 22.1. The van der Waals surface area contributed by atoms with Crippen molar-refractivity contribution in [2.75, 3.05) is 6.61 Å². The topological polar surface area (TPSA) is 38.7 Å². The Labute approximate surface area is 200 Å². The molecule has 0 aliphatic heterocycles. The average Bonchev–Trinajstić information content (AvgIpc) is 2.70. The maximum atomic E-state index is 10.3. The van der Waals surface area contributed by atoms with E-state index in [1.807, 2.05) is 6.07 Å². The zero-order chi connectivity index (χ0) is 24.0. The Kier molecular flexibility index (Phi) is 14.1. The lowest BCUT2D eigenvalue weighted by Gasteiger charge is -2.27. The summed E-state index contributed by atoms with van der Waals surface area (Å²) in [6, 6.07) is 6.29.